The van der Waals surface area contributed by atoms with Crippen LogP contribution in [0.15, 0.2) is 36.4 Å². The predicted molar refractivity (Wildman–Crippen MR) is 92.2 cm³/mol. The number of hydrogen-bond donors (Lipinski definition) is 2. The Balaban J connectivity index is 0.000000280. The van der Waals surface area contributed by atoms with E-state index in [4.69, 9.17) is 0 Å². The van der Waals surface area contributed by atoms with Crippen LogP contribution in [-0.4, -0.2) is 46.2 Å². The van der Waals surface area contributed by atoms with Crippen LogP contribution in [0.2, 0.25) is 0 Å². The summed E-state index contributed by atoms with van der Waals surface area (Å²) < 4.78 is 8.66. The number of carbonyl (C=O) groups is 2. The molecule has 2 aromatic carbocycles. The van der Waals surface area contributed by atoms with Gasteiger partial charge in [-0.1, -0.05) is 0 Å². The van der Waals surface area contributed by atoms with E-state index in [0.29, 0.717) is 0 Å². The van der Waals surface area contributed by atoms with E-state index in [1.54, 1.807) is 0 Å². The molecule has 0 aliphatic carbocycles. The first-order chi connectivity index (χ1) is 13.1. The summed E-state index contributed by atoms with van der Waals surface area (Å²) >= 11 is 0. The van der Waals surface area contributed by atoms with Crippen LogP contribution in [-0.2, 0) is 9.47 Å². The second-order valence-corrected chi connectivity index (χ2v) is 4.90. The molecule has 12 heteroatoms. The van der Waals surface area contributed by atoms with E-state index < -0.39 is 21.8 Å². The number of hydrogen-bond acceptors (Lipinski definition) is 10. The number of ether oxygens (including phenoxy) is 2. The molecule has 0 saturated heterocycles. The topological polar surface area (TPSA) is 179 Å². The van der Waals surface area contributed by atoms with E-state index >= 15 is 0 Å². The zero-order valence-electron chi connectivity index (χ0n) is 14.5. The Labute approximate surface area is 156 Å². The molecular weight excluding hydrogens is 380 g/mol. The molecule has 0 bridgehead atoms. The summed E-state index contributed by atoms with van der Waals surface area (Å²) in [6, 6.07) is 6.26. The second kappa shape index (κ2) is 9.47. The fourth-order valence-corrected chi connectivity index (χ4v) is 1.82. The number of nitro benzene ring substituents is 2. The molecule has 0 heterocycles. The lowest BCUT2D eigenvalue weighted by atomic mass is 10.2. The van der Waals surface area contributed by atoms with Gasteiger partial charge in [-0.05, 0) is 12.1 Å². The number of carbonyl (C=O) groups excluding carboxylic acids is 2. The SMILES string of the molecule is COC(=O)c1cc([N+](=O)[O-])ccc1O.COC(=O)c1cc([N+](=O)[O-])ccc1O. The molecule has 0 aliphatic heterocycles. The maximum absolute atomic E-state index is 11.0. The van der Waals surface area contributed by atoms with Crippen molar-refractivity contribution in [1.82, 2.24) is 0 Å². The molecule has 0 unspecified atom stereocenters. The number of nitro groups is 2. The average molecular weight is 394 g/mol. The van der Waals surface area contributed by atoms with Crippen molar-refractivity contribution in [2.24, 2.45) is 0 Å². The highest BCUT2D eigenvalue weighted by molar-refractivity contribution is 5.93. The third kappa shape index (κ3) is 5.39. The van der Waals surface area contributed by atoms with Gasteiger partial charge < -0.3 is 19.7 Å². The van der Waals surface area contributed by atoms with Gasteiger partial charge in [0, 0.05) is 24.3 Å². The number of phenols is 2. The smallest absolute Gasteiger partial charge is 0.341 e. The molecule has 2 rings (SSSR count). The molecular formula is C16H14N2O10. The highest BCUT2D eigenvalue weighted by atomic mass is 16.6. The van der Waals surface area contributed by atoms with Crippen LogP contribution in [0.1, 0.15) is 20.7 Å². The Hall–Kier alpha value is -4.22. The van der Waals surface area contributed by atoms with Gasteiger partial charge in [-0.25, -0.2) is 9.59 Å². The molecule has 2 aromatic rings. The lowest BCUT2D eigenvalue weighted by Crippen LogP contribution is -2.02. The summed E-state index contributed by atoms with van der Waals surface area (Å²) in [5, 5.41) is 39.1. The predicted octanol–water partition coefficient (Wildman–Crippen LogP) is 2.17. The molecule has 0 fully saturated rings. The van der Waals surface area contributed by atoms with Gasteiger partial charge in [-0.3, -0.25) is 20.2 Å². The third-order valence-electron chi connectivity index (χ3n) is 3.19. The Morgan fingerprint density at radius 3 is 1.36 bits per heavy atom. The van der Waals surface area contributed by atoms with Gasteiger partial charge in [0.15, 0.2) is 0 Å². The van der Waals surface area contributed by atoms with Gasteiger partial charge in [-0.15, -0.1) is 0 Å². The average Bonchev–Trinajstić information content (AvgIpc) is 2.67. The number of non-ortho nitro benzene ring substituents is 2. The lowest BCUT2D eigenvalue weighted by Gasteiger charge is -2.01. The number of rotatable bonds is 4. The standard InChI is InChI=1S/2C8H7NO5/c2*1-14-8(11)6-4-5(9(12)13)2-3-7(6)10/h2*2-4,10H,1H3. The van der Waals surface area contributed by atoms with Crippen LogP contribution in [0.5, 0.6) is 11.5 Å². The minimum Gasteiger partial charge on any atom is -0.507 e. The highest BCUT2D eigenvalue weighted by Gasteiger charge is 2.17. The van der Waals surface area contributed by atoms with Crippen molar-refractivity contribution in [2.45, 2.75) is 0 Å². The van der Waals surface area contributed by atoms with Gasteiger partial charge in [0.2, 0.25) is 0 Å². The van der Waals surface area contributed by atoms with Crippen LogP contribution in [0.25, 0.3) is 0 Å². The van der Waals surface area contributed by atoms with Gasteiger partial charge in [0.25, 0.3) is 11.4 Å². The molecule has 0 aromatic heterocycles. The first-order valence-electron chi connectivity index (χ1n) is 7.23. The monoisotopic (exact) mass is 394 g/mol. The Bertz CT molecular complexity index is 850. The van der Waals surface area contributed by atoms with Crippen LogP contribution < -0.4 is 0 Å². The number of esters is 2. The van der Waals surface area contributed by atoms with E-state index in [0.717, 1.165) is 50.6 Å². The van der Waals surface area contributed by atoms with Crippen LogP contribution in [0, 0.1) is 20.2 Å². The van der Waals surface area contributed by atoms with E-state index in [-0.39, 0.29) is 34.0 Å². The number of methoxy groups -OCH3 is 2. The normalized spacial score (nSPS) is 9.50. The van der Waals surface area contributed by atoms with E-state index in [2.05, 4.69) is 9.47 Å². The molecule has 0 atom stereocenters. The van der Waals surface area contributed by atoms with Crippen LogP contribution in [0.4, 0.5) is 11.4 Å². The van der Waals surface area contributed by atoms with E-state index in [1.165, 1.54) is 0 Å². The molecule has 0 aliphatic rings. The minimum atomic E-state index is -0.814. The molecule has 0 spiro atoms. The Morgan fingerprint density at radius 1 is 0.786 bits per heavy atom. The van der Waals surface area contributed by atoms with Crippen molar-refractivity contribution < 1.29 is 39.1 Å². The quantitative estimate of drug-likeness (QED) is 0.443. The Kier molecular flexibility index (Phi) is 7.38. The van der Waals surface area contributed by atoms with Crippen molar-refractivity contribution >= 4 is 23.3 Å². The van der Waals surface area contributed by atoms with E-state index in [9.17, 15) is 40.0 Å². The summed E-state index contributed by atoms with van der Waals surface area (Å²) in [7, 11) is 2.25. The number of benzene rings is 2. The molecule has 28 heavy (non-hydrogen) atoms. The molecule has 2 N–H and O–H groups in total. The van der Waals surface area contributed by atoms with Crippen molar-refractivity contribution in [1.29, 1.82) is 0 Å². The van der Waals surface area contributed by atoms with Gasteiger partial charge in [0.05, 0.1) is 24.1 Å². The minimum absolute atomic E-state index is 0.221. The fraction of sp³-hybridized carbons (Fsp3) is 0.125. The number of aromatic hydroxyl groups is 2. The van der Waals surface area contributed by atoms with Gasteiger partial charge in [0.1, 0.15) is 22.6 Å². The summed E-state index contributed by atoms with van der Waals surface area (Å²) in [5.74, 6) is -2.32. The third-order valence-corrected chi connectivity index (χ3v) is 3.19. The van der Waals surface area contributed by atoms with E-state index in [1.807, 2.05) is 0 Å². The molecule has 0 radical (unpaired) electrons. The molecule has 148 valence electrons. The largest absolute Gasteiger partial charge is 0.507 e. The molecule has 0 saturated carbocycles. The first kappa shape index (κ1) is 21.8. The maximum Gasteiger partial charge on any atom is 0.341 e. The van der Waals surface area contributed by atoms with Crippen molar-refractivity contribution in [2.75, 3.05) is 14.2 Å². The number of nitrogens with zero attached hydrogens (tertiary/aromatic N) is 2. The van der Waals surface area contributed by atoms with Crippen LogP contribution >= 0.6 is 0 Å². The highest BCUT2D eigenvalue weighted by Crippen LogP contribution is 2.24. The fourth-order valence-electron chi connectivity index (χ4n) is 1.82. The van der Waals surface area contributed by atoms with Gasteiger partial charge >= 0.3 is 11.9 Å². The van der Waals surface area contributed by atoms with Gasteiger partial charge in [-0.2, -0.15) is 0 Å². The molecule has 0 amide bonds. The van der Waals surface area contributed by atoms with Crippen molar-refractivity contribution in [3.8, 4) is 11.5 Å². The lowest BCUT2D eigenvalue weighted by molar-refractivity contribution is -0.385. The second-order valence-electron chi connectivity index (χ2n) is 4.90. The van der Waals surface area contributed by atoms with Crippen molar-refractivity contribution in [3.63, 3.8) is 0 Å². The zero-order valence-corrected chi connectivity index (χ0v) is 14.5. The Morgan fingerprint density at radius 2 is 1.11 bits per heavy atom. The summed E-state index contributed by atoms with van der Waals surface area (Å²) in [4.78, 5) is 41.4. The summed E-state index contributed by atoms with van der Waals surface area (Å²) in [5.41, 5.74) is -0.991. The molecule has 12 nitrogen and oxygen atoms in total. The zero-order chi connectivity index (χ0) is 21.4. The first-order valence-corrected chi connectivity index (χ1v) is 7.23. The number of phenolic OH excluding ortho intramolecular Hbond substituents is 2. The summed E-state index contributed by atoms with van der Waals surface area (Å²) in [6.07, 6.45) is 0. The maximum atomic E-state index is 11.0. The van der Waals surface area contributed by atoms with Crippen molar-refractivity contribution in [3.05, 3.63) is 67.8 Å². The van der Waals surface area contributed by atoms with Crippen LogP contribution in [0.3, 0.4) is 0 Å². The summed E-state index contributed by atoms with van der Waals surface area (Å²) in [6.45, 7) is 0.